The van der Waals surface area contributed by atoms with E-state index in [-0.39, 0.29) is 5.91 Å². The van der Waals surface area contributed by atoms with E-state index in [0.29, 0.717) is 40.4 Å². The molecule has 176 valence electrons. The molecule has 8 heteroatoms. The zero-order valence-electron chi connectivity index (χ0n) is 18.5. The van der Waals surface area contributed by atoms with Gasteiger partial charge in [-0.25, -0.2) is 4.79 Å². The van der Waals surface area contributed by atoms with E-state index in [9.17, 15) is 9.59 Å². The number of halogens is 2. The summed E-state index contributed by atoms with van der Waals surface area (Å²) in [5.41, 5.74) is 1.00. The lowest BCUT2D eigenvalue weighted by Gasteiger charge is -2.41. The predicted octanol–water partition coefficient (Wildman–Crippen LogP) is 5.76. The maximum Gasteiger partial charge on any atom is 0.412 e. The summed E-state index contributed by atoms with van der Waals surface area (Å²) in [6.45, 7) is 2.89. The van der Waals surface area contributed by atoms with E-state index < -0.39 is 12.2 Å². The molecule has 4 rings (SSSR count). The number of carbonyl (C=O) groups is 2. The second-order valence-electron chi connectivity index (χ2n) is 8.59. The van der Waals surface area contributed by atoms with Crippen molar-refractivity contribution in [2.45, 2.75) is 44.2 Å². The molecule has 0 spiro atoms. The minimum absolute atomic E-state index is 0.252. The Labute approximate surface area is 204 Å². The van der Waals surface area contributed by atoms with Crippen LogP contribution in [0.25, 0.3) is 0 Å². The third-order valence-electron chi connectivity index (χ3n) is 6.44. The zero-order valence-corrected chi connectivity index (χ0v) is 20.0. The molecule has 0 unspecified atom stereocenters. The minimum Gasteiger partial charge on any atom is -0.431 e. The molecule has 2 fully saturated rings. The quantitative estimate of drug-likeness (QED) is 0.579. The Balaban J connectivity index is 1.44. The number of piperazine rings is 1. The van der Waals surface area contributed by atoms with Crippen LogP contribution in [-0.2, 0) is 9.53 Å². The number of carbonyl (C=O) groups excluding carboxylic acids is 2. The minimum atomic E-state index is -1.12. The fraction of sp³-hybridized carbons (Fsp3) is 0.440. The lowest BCUT2D eigenvalue weighted by molar-refractivity contribution is -0.142. The van der Waals surface area contributed by atoms with Gasteiger partial charge in [-0.2, -0.15) is 0 Å². The van der Waals surface area contributed by atoms with Crippen LogP contribution in [0.15, 0.2) is 48.5 Å². The van der Waals surface area contributed by atoms with Crippen LogP contribution in [0.1, 0.15) is 43.8 Å². The molecule has 0 bridgehead atoms. The van der Waals surface area contributed by atoms with Gasteiger partial charge < -0.3 is 9.64 Å². The monoisotopic (exact) mass is 489 g/mol. The van der Waals surface area contributed by atoms with Gasteiger partial charge in [-0.05, 0) is 43.2 Å². The molecule has 0 aromatic heterocycles. The highest BCUT2D eigenvalue weighted by Crippen LogP contribution is 2.29. The van der Waals surface area contributed by atoms with E-state index in [1.54, 1.807) is 53.4 Å². The summed E-state index contributed by atoms with van der Waals surface area (Å²) >= 11 is 12.3. The van der Waals surface area contributed by atoms with Gasteiger partial charge in [0, 0.05) is 53.5 Å². The van der Waals surface area contributed by atoms with Crippen LogP contribution in [0.2, 0.25) is 10.0 Å². The number of hydrogen-bond acceptors (Lipinski definition) is 4. The topological polar surface area (TPSA) is 61.9 Å². The molecule has 2 aromatic carbocycles. The molecule has 1 saturated carbocycles. The molecule has 33 heavy (non-hydrogen) atoms. The number of rotatable bonds is 5. The average Bonchev–Trinajstić information content (AvgIpc) is 2.85. The van der Waals surface area contributed by atoms with Crippen molar-refractivity contribution >= 4 is 40.9 Å². The van der Waals surface area contributed by atoms with Gasteiger partial charge in [0.1, 0.15) is 0 Å². The molecule has 2 aromatic rings. The maximum absolute atomic E-state index is 13.5. The third kappa shape index (κ3) is 6.19. The van der Waals surface area contributed by atoms with E-state index in [0.717, 1.165) is 13.1 Å². The SMILES string of the molecule is O=C(Nc1ccc(Cl)cc1)O[C@@H](C(=O)N1CCN(C2CCCCC2)CC1)c1ccccc1Cl. The fourth-order valence-electron chi connectivity index (χ4n) is 4.64. The number of amides is 2. The van der Waals surface area contributed by atoms with Gasteiger partial charge in [0.15, 0.2) is 0 Å². The number of anilines is 1. The van der Waals surface area contributed by atoms with Crippen molar-refractivity contribution < 1.29 is 14.3 Å². The number of ether oxygens (including phenoxy) is 1. The third-order valence-corrected chi connectivity index (χ3v) is 7.04. The number of nitrogens with one attached hydrogen (secondary N) is 1. The summed E-state index contributed by atoms with van der Waals surface area (Å²) in [5, 5.41) is 3.60. The Morgan fingerprint density at radius 3 is 2.24 bits per heavy atom. The van der Waals surface area contributed by atoms with Crippen LogP contribution in [0.3, 0.4) is 0 Å². The molecule has 6 nitrogen and oxygen atoms in total. The average molecular weight is 490 g/mol. The molecule has 1 atom stereocenters. The van der Waals surface area contributed by atoms with Crippen molar-refractivity contribution in [3.05, 3.63) is 64.1 Å². The zero-order chi connectivity index (χ0) is 23.2. The predicted molar refractivity (Wildman–Crippen MR) is 131 cm³/mol. The van der Waals surface area contributed by atoms with E-state index in [1.807, 2.05) is 0 Å². The van der Waals surface area contributed by atoms with Crippen molar-refractivity contribution in [2.24, 2.45) is 0 Å². The van der Waals surface area contributed by atoms with Crippen molar-refractivity contribution in [2.75, 3.05) is 31.5 Å². The molecule has 1 heterocycles. The highest BCUT2D eigenvalue weighted by atomic mass is 35.5. The van der Waals surface area contributed by atoms with Gasteiger partial charge >= 0.3 is 6.09 Å². The Kier molecular flexibility index (Phi) is 8.12. The molecule has 1 saturated heterocycles. The van der Waals surface area contributed by atoms with E-state index in [4.69, 9.17) is 27.9 Å². The van der Waals surface area contributed by atoms with Crippen molar-refractivity contribution in [3.63, 3.8) is 0 Å². The second kappa shape index (κ2) is 11.2. The lowest BCUT2D eigenvalue weighted by atomic mass is 9.94. The summed E-state index contributed by atoms with van der Waals surface area (Å²) in [6.07, 6.45) is 4.53. The van der Waals surface area contributed by atoms with Crippen LogP contribution in [0.4, 0.5) is 10.5 Å². The smallest absolute Gasteiger partial charge is 0.412 e. The Bertz CT molecular complexity index is 956. The summed E-state index contributed by atoms with van der Waals surface area (Å²) < 4.78 is 5.64. The number of nitrogens with zero attached hydrogens (tertiary/aromatic N) is 2. The van der Waals surface area contributed by atoms with Gasteiger partial charge in [0.05, 0.1) is 0 Å². The van der Waals surface area contributed by atoms with Gasteiger partial charge in [0.2, 0.25) is 6.10 Å². The Morgan fingerprint density at radius 2 is 1.58 bits per heavy atom. The maximum atomic E-state index is 13.5. The molecule has 2 aliphatic rings. The summed E-state index contributed by atoms with van der Waals surface area (Å²) in [5.74, 6) is -0.252. The first-order valence-electron chi connectivity index (χ1n) is 11.5. The molecular weight excluding hydrogens is 461 g/mol. The highest BCUT2D eigenvalue weighted by molar-refractivity contribution is 6.31. The molecule has 1 N–H and O–H groups in total. The summed E-state index contributed by atoms with van der Waals surface area (Å²) in [4.78, 5) is 30.4. The van der Waals surface area contributed by atoms with Crippen LogP contribution < -0.4 is 5.32 Å². The van der Waals surface area contributed by atoms with Gasteiger partial charge in [0.25, 0.3) is 5.91 Å². The molecular formula is C25H29Cl2N3O3. The normalized spacial score (nSPS) is 18.5. The van der Waals surface area contributed by atoms with E-state index >= 15 is 0 Å². The van der Waals surface area contributed by atoms with Crippen LogP contribution >= 0.6 is 23.2 Å². The number of hydrogen-bond donors (Lipinski definition) is 1. The molecule has 0 radical (unpaired) electrons. The number of benzene rings is 2. The largest absolute Gasteiger partial charge is 0.431 e. The molecule has 1 aliphatic heterocycles. The van der Waals surface area contributed by atoms with Crippen molar-refractivity contribution in [3.8, 4) is 0 Å². The van der Waals surface area contributed by atoms with Gasteiger partial charge in [-0.1, -0.05) is 60.7 Å². The van der Waals surface area contributed by atoms with E-state index in [1.165, 1.54) is 32.1 Å². The first-order valence-corrected chi connectivity index (χ1v) is 12.3. The van der Waals surface area contributed by atoms with Crippen molar-refractivity contribution in [1.82, 2.24) is 9.80 Å². The van der Waals surface area contributed by atoms with Crippen LogP contribution in [0.5, 0.6) is 0 Å². The highest BCUT2D eigenvalue weighted by Gasteiger charge is 2.34. The second-order valence-corrected chi connectivity index (χ2v) is 9.44. The lowest BCUT2D eigenvalue weighted by Crippen LogP contribution is -2.53. The van der Waals surface area contributed by atoms with Crippen molar-refractivity contribution in [1.29, 1.82) is 0 Å². The molecule has 2 amide bonds. The van der Waals surface area contributed by atoms with E-state index in [2.05, 4.69) is 10.2 Å². The van der Waals surface area contributed by atoms with Crippen LogP contribution in [-0.4, -0.2) is 54.0 Å². The van der Waals surface area contributed by atoms with Crippen LogP contribution in [0, 0.1) is 0 Å². The standard InChI is InChI=1S/C25H29Cl2N3O3/c26-18-10-12-19(13-11-18)28-25(32)33-23(21-8-4-5-9-22(21)27)24(31)30-16-14-29(15-17-30)20-6-2-1-3-7-20/h4-5,8-13,20,23H,1-3,6-7,14-17H2,(H,28,32)/t23-/m1/s1. The summed E-state index contributed by atoms with van der Waals surface area (Å²) in [6, 6.07) is 14.3. The van der Waals surface area contributed by atoms with Gasteiger partial charge in [-0.15, -0.1) is 0 Å². The summed E-state index contributed by atoms with van der Waals surface area (Å²) in [7, 11) is 0. The Hall–Kier alpha value is -2.28. The molecule has 1 aliphatic carbocycles. The Morgan fingerprint density at radius 1 is 0.909 bits per heavy atom. The fourth-order valence-corrected chi connectivity index (χ4v) is 5.00. The first kappa shape index (κ1) is 23.9. The van der Waals surface area contributed by atoms with Gasteiger partial charge in [-0.3, -0.25) is 15.0 Å². The first-order chi connectivity index (χ1) is 16.0.